The Morgan fingerprint density at radius 1 is 1.53 bits per heavy atom. The predicted molar refractivity (Wildman–Crippen MR) is 59.7 cm³/mol. The Labute approximate surface area is 94.0 Å². The number of rotatable bonds is 4. The van der Waals surface area contributed by atoms with E-state index in [1.54, 1.807) is 19.2 Å². The van der Waals surface area contributed by atoms with E-state index in [4.69, 9.17) is 4.74 Å². The summed E-state index contributed by atoms with van der Waals surface area (Å²) < 4.78 is 5.01. The first kappa shape index (κ1) is 13.7. The van der Waals surface area contributed by atoms with Crippen molar-refractivity contribution in [2.24, 2.45) is 0 Å². The summed E-state index contributed by atoms with van der Waals surface area (Å²) in [6.45, 7) is 0.546. The summed E-state index contributed by atoms with van der Waals surface area (Å²) in [7, 11) is 3.21. The third-order valence-corrected chi connectivity index (χ3v) is 1.84. The Balaban J connectivity index is 0.00000196. The van der Waals surface area contributed by atoms with Gasteiger partial charge in [-0.15, -0.1) is 12.4 Å². The molecule has 5 nitrogen and oxygen atoms in total. The zero-order chi connectivity index (χ0) is 10.6. The number of benzene rings is 1. The molecule has 0 aliphatic heterocycles. The minimum absolute atomic E-state index is 0. The van der Waals surface area contributed by atoms with Gasteiger partial charge in [-0.3, -0.25) is 10.1 Å². The Morgan fingerprint density at radius 2 is 2.20 bits per heavy atom. The highest BCUT2D eigenvalue weighted by Crippen LogP contribution is 2.30. The number of methoxy groups -OCH3 is 1. The average Bonchev–Trinajstić information content (AvgIpc) is 2.18. The summed E-state index contributed by atoms with van der Waals surface area (Å²) in [5.41, 5.74) is 0.782. The minimum Gasteiger partial charge on any atom is -0.490 e. The van der Waals surface area contributed by atoms with E-state index in [0.29, 0.717) is 12.3 Å². The monoisotopic (exact) mass is 232 g/mol. The molecule has 1 aromatic rings. The third-order valence-electron chi connectivity index (χ3n) is 1.84. The smallest absolute Gasteiger partial charge is 0.311 e. The number of halogens is 1. The number of nitro benzene ring substituents is 1. The molecule has 0 saturated carbocycles. The lowest BCUT2D eigenvalue weighted by molar-refractivity contribution is -0.385. The molecule has 0 spiro atoms. The van der Waals surface area contributed by atoms with Crippen LogP contribution in [0.2, 0.25) is 0 Å². The van der Waals surface area contributed by atoms with Crippen LogP contribution in [0, 0.1) is 10.1 Å². The van der Waals surface area contributed by atoms with Crippen molar-refractivity contribution < 1.29 is 9.66 Å². The van der Waals surface area contributed by atoms with E-state index in [1.165, 1.54) is 13.2 Å². The maximum Gasteiger partial charge on any atom is 0.311 e. The molecular formula is C9H13ClN2O3. The van der Waals surface area contributed by atoms with Gasteiger partial charge in [0.15, 0.2) is 0 Å². The molecule has 0 aliphatic carbocycles. The second-order valence-corrected chi connectivity index (χ2v) is 2.76. The maximum atomic E-state index is 10.6. The molecule has 6 heteroatoms. The van der Waals surface area contributed by atoms with Gasteiger partial charge < -0.3 is 10.1 Å². The molecule has 0 heterocycles. The van der Waals surface area contributed by atoms with Crippen molar-refractivity contribution >= 4 is 18.1 Å². The van der Waals surface area contributed by atoms with E-state index in [9.17, 15) is 10.1 Å². The molecule has 0 aliphatic rings. The zero-order valence-electron chi connectivity index (χ0n) is 8.52. The molecule has 0 amide bonds. The number of hydrogen-bond acceptors (Lipinski definition) is 4. The van der Waals surface area contributed by atoms with E-state index in [1.807, 2.05) is 0 Å². The molecule has 1 rings (SSSR count). The van der Waals surface area contributed by atoms with Crippen LogP contribution in [0.15, 0.2) is 18.2 Å². The van der Waals surface area contributed by atoms with Crippen LogP contribution in [0.25, 0.3) is 0 Å². The van der Waals surface area contributed by atoms with Gasteiger partial charge in [-0.2, -0.15) is 0 Å². The molecule has 1 N–H and O–H groups in total. The second-order valence-electron chi connectivity index (χ2n) is 2.76. The summed E-state index contributed by atoms with van der Waals surface area (Å²) in [4.78, 5) is 10.2. The molecule has 0 aromatic heterocycles. The van der Waals surface area contributed by atoms with Crippen molar-refractivity contribution in [1.29, 1.82) is 0 Å². The first-order chi connectivity index (χ1) is 6.70. The highest BCUT2D eigenvalue weighted by Gasteiger charge is 2.17. The fourth-order valence-corrected chi connectivity index (χ4v) is 1.28. The lowest BCUT2D eigenvalue weighted by Gasteiger charge is -2.07. The fourth-order valence-electron chi connectivity index (χ4n) is 1.28. The van der Waals surface area contributed by atoms with Crippen molar-refractivity contribution in [2.75, 3.05) is 14.2 Å². The highest BCUT2D eigenvalue weighted by atomic mass is 35.5. The maximum absolute atomic E-state index is 10.6. The average molecular weight is 233 g/mol. The molecule has 0 bridgehead atoms. The van der Waals surface area contributed by atoms with Crippen LogP contribution in [-0.2, 0) is 6.54 Å². The van der Waals surface area contributed by atoms with Crippen LogP contribution in [0.1, 0.15) is 5.56 Å². The van der Waals surface area contributed by atoms with Crippen molar-refractivity contribution in [3.63, 3.8) is 0 Å². The minimum atomic E-state index is -0.446. The lowest BCUT2D eigenvalue weighted by atomic mass is 10.1. The van der Waals surface area contributed by atoms with Crippen molar-refractivity contribution in [2.45, 2.75) is 6.54 Å². The zero-order valence-corrected chi connectivity index (χ0v) is 9.34. The molecular weight excluding hydrogens is 220 g/mol. The number of ether oxygens (including phenoxy) is 1. The normalized spacial score (nSPS) is 9.20. The molecule has 1 aromatic carbocycles. The highest BCUT2D eigenvalue weighted by molar-refractivity contribution is 5.85. The third kappa shape index (κ3) is 3.07. The molecule has 0 saturated heterocycles. The van der Waals surface area contributed by atoms with Crippen molar-refractivity contribution in [3.05, 3.63) is 33.9 Å². The number of para-hydroxylation sites is 1. The van der Waals surface area contributed by atoms with Crippen LogP contribution in [0.5, 0.6) is 5.75 Å². The van der Waals surface area contributed by atoms with Crippen molar-refractivity contribution in [1.82, 2.24) is 5.32 Å². The lowest BCUT2D eigenvalue weighted by Crippen LogP contribution is -2.07. The largest absolute Gasteiger partial charge is 0.490 e. The standard InChI is InChI=1S/C9H12N2O3.ClH/c1-10-6-7-4-3-5-8(11(12)13)9(7)14-2;/h3-5,10H,6H2,1-2H3;1H. The quantitative estimate of drug-likeness (QED) is 0.635. The van der Waals surface area contributed by atoms with Gasteiger partial charge >= 0.3 is 5.69 Å². The van der Waals surface area contributed by atoms with Gasteiger partial charge in [-0.1, -0.05) is 12.1 Å². The van der Waals surface area contributed by atoms with Crippen LogP contribution >= 0.6 is 12.4 Å². The van der Waals surface area contributed by atoms with Crippen LogP contribution in [0.3, 0.4) is 0 Å². The van der Waals surface area contributed by atoms with E-state index in [0.717, 1.165) is 5.56 Å². The number of nitrogens with one attached hydrogen (secondary N) is 1. The van der Waals surface area contributed by atoms with Crippen molar-refractivity contribution in [3.8, 4) is 5.75 Å². The SMILES string of the molecule is CNCc1cccc([N+](=O)[O-])c1OC.Cl. The summed E-state index contributed by atoms with van der Waals surface area (Å²) in [5.74, 6) is 0.326. The van der Waals surface area contributed by atoms with E-state index in [2.05, 4.69) is 5.32 Å². The summed E-state index contributed by atoms with van der Waals surface area (Å²) in [6.07, 6.45) is 0. The topological polar surface area (TPSA) is 64.4 Å². The Bertz CT molecular complexity index is 344. The van der Waals surface area contributed by atoms with Gasteiger partial charge in [0.2, 0.25) is 5.75 Å². The van der Waals surface area contributed by atoms with E-state index >= 15 is 0 Å². The summed E-state index contributed by atoms with van der Waals surface area (Å²) >= 11 is 0. The van der Waals surface area contributed by atoms with Gasteiger partial charge in [-0.05, 0) is 7.05 Å². The second kappa shape index (κ2) is 6.21. The summed E-state index contributed by atoms with van der Waals surface area (Å²) in [6, 6.07) is 4.87. The molecule has 0 fully saturated rings. The summed E-state index contributed by atoms with van der Waals surface area (Å²) in [5, 5.41) is 13.6. The Kier molecular flexibility index (Phi) is 5.66. The van der Waals surface area contributed by atoms with Gasteiger partial charge in [0, 0.05) is 18.2 Å². The van der Waals surface area contributed by atoms with Gasteiger partial charge in [0.05, 0.1) is 12.0 Å². The first-order valence-electron chi connectivity index (χ1n) is 4.15. The first-order valence-corrected chi connectivity index (χ1v) is 4.15. The number of nitro groups is 1. The van der Waals surface area contributed by atoms with Gasteiger partial charge in [0.25, 0.3) is 0 Å². The number of hydrogen-bond donors (Lipinski definition) is 1. The van der Waals surface area contributed by atoms with Crippen LogP contribution in [0.4, 0.5) is 5.69 Å². The molecule has 0 radical (unpaired) electrons. The predicted octanol–water partition coefficient (Wildman–Crippen LogP) is 1.74. The molecule has 84 valence electrons. The van der Waals surface area contributed by atoms with Crippen LogP contribution in [-0.4, -0.2) is 19.1 Å². The van der Waals surface area contributed by atoms with Gasteiger partial charge in [-0.25, -0.2) is 0 Å². The van der Waals surface area contributed by atoms with Gasteiger partial charge in [0.1, 0.15) is 0 Å². The number of nitrogens with zero attached hydrogens (tertiary/aromatic N) is 1. The Morgan fingerprint density at radius 3 is 2.67 bits per heavy atom. The van der Waals surface area contributed by atoms with Crippen LogP contribution < -0.4 is 10.1 Å². The van der Waals surface area contributed by atoms with E-state index < -0.39 is 4.92 Å². The Hall–Kier alpha value is -1.33. The fraction of sp³-hybridized carbons (Fsp3) is 0.333. The van der Waals surface area contributed by atoms with E-state index in [-0.39, 0.29) is 18.1 Å². The molecule has 0 unspecified atom stereocenters. The molecule has 0 atom stereocenters. The molecule has 15 heavy (non-hydrogen) atoms.